The Bertz CT molecular complexity index is 697. The largest absolute Gasteiger partial charge is 0.437 e. The molecule has 0 unspecified atom stereocenters. The summed E-state index contributed by atoms with van der Waals surface area (Å²) in [5.41, 5.74) is 6.24. The topological polar surface area (TPSA) is 85.5 Å². The van der Waals surface area contributed by atoms with Crippen LogP contribution in [0.5, 0.6) is 11.6 Å². The Morgan fingerprint density at radius 1 is 1.15 bits per heavy atom. The minimum Gasteiger partial charge on any atom is -0.437 e. The van der Waals surface area contributed by atoms with Crippen LogP contribution in [-0.2, 0) is 10.0 Å². The van der Waals surface area contributed by atoms with E-state index in [0.717, 1.165) is 4.31 Å². The van der Waals surface area contributed by atoms with Crippen LogP contribution in [0.3, 0.4) is 0 Å². The molecule has 1 heterocycles. The van der Waals surface area contributed by atoms with Crippen LogP contribution in [0.2, 0.25) is 0 Å². The molecule has 2 N–H and O–H groups in total. The molecule has 0 aliphatic rings. The zero-order chi connectivity index (χ0) is 14.8. The summed E-state index contributed by atoms with van der Waals surface area (Å²) >= 11 is 0. The fourth-order valence-electron chi connectivity index (χ4n) is 1.48. The van der Waals surface area contributed by atoms with Gasteiger partial charge in [-0.15, -0.1) is 0 Å². The first-order chi connectivity index (χ1) is 9.41. The van der Waals surface area contributed by atoms with E-state index in [1.54, 1.807) is 24.3 Å². The number of anilines is 1. The van der Waals surface area contributed by atoms with Crippen molar-refractivity contribution in [2.24, 2.45) is 0 Å². The summed E-state index contributed by atoms with van der Waals surface area (Å²) in [5.74, 6) is 0.754. The fourth-order valence-corrected chi connectivity index (χ4v) is 2.32. The van der Waals surface area contributed by atoms with E-state index in [-0.39, 0.29) is 10.8 Å². The first kappa shape index (κ1) is 14.3. The van der Waals surface area contributed by atoms with Crippen molar-refractivity contribution in [3.63, 3.8) is 0 Å². The van der Waals surface area contributed by atoms with Gasteiger partial charge in [0.05, 0.1) is 11.9 Å². The van der Waals surface area contributed by atoms with Crippen LogP contribution in [0.4, 0.5) is 5.69 Å². The molecule has 0 atom stereocenters. The molecule has 0 saturated carbocycles. The van der Waals surface area contributed by atoms with Gasteiger partial charge in [-0.1, -0.05) is 12.1 Å². The Hall–Kier alpha value is -2.12. The molecule has 0 amide bonds. The summed E-state index contributed by atoms with van der Waals surface area (Å²) in [4.78, 5) is 4.09. The van der Waals surface area contributed by atoms with E-state index in [1.165, 1.54) is 32.4 Å². The Balaban J connectivity index is 2.24. The molecule has 0 aliphatic heterocycles. The molecule has 6 nitrogen and oxygen atoms in total. The van der Waals surface area contributed by atoms with Crippen LogP contribution in [0, 0.1) is 0 Å². The molecular formula is C13H15N3O3S. The van der Waals surface area contributed by atoms with E-state index in [4.69, 9.17) is 10.5 Å². The third-order valence-corrected chi connectivity index (χ3v) is 4.42. The molecule has 2 aromatic rings. The lowest BCUT2D eigenvalue weighted by molar-refractivity contribution is 0.463. The van der Waals surface area contributed by atoms with Gasteiger partial charge in [0.25, 0.3) is 0 Å². The van der Waals surface area contributed by atoms with Crippen molar-refractivity contribution >= 4 is 15.7 Å². The number of hydrogen-bond acceptors (Lipinski definition) is 5. The van der Waals surface area contributed by atoms with E-state index in [9.17, 15) is 8.42 Å². The number of nitrogens with zero attached hydrogens (tertiary/aromatic N) is 2. The van der Waals surface area contributed by atoms with Gasteiger partial charge in [0.2, 0.25) is 15.9 Å². The van der Waals surface area contributed by atoms with Crippen LogP contribution in [0.15, 0.2) is 47.5 Å². The van der Waals surface area contributed by atoms with E-state index in [0.29, 0.717) is 11.4 Å². The van der Waals surface area contributed by atoms with Crippen molar-refractivity contribution in [3.8, 4) is 11.6 Å². The molecule has 0 saturated heterocycles. The molecule has 0 aliphatic carbocycles. The molecule has 0 radical (unpaired) electrons. The van der Waals surface area contributed by atoms with Gasteiger partial charge in [0.1, 0.15) is 4.90 Å². The Labute approximate surface area is 117 Å². The van der Waals surface area contributed by atoms with Crippen LogP contribution >= 0.6 is 0 Å². The molecular weight excluding hydrogens is 278 g/mol. The van der Waals surface area contributed by atoms with Crippen LogP contribution in [0.25, 0.3) is 0 Å². The number of para-hydroxylation sites is 2. The summed E-state index contributed by atoms with van der Waals surface area (Å²) in [6, 6.07) is 9.93. The highest BCUT2D eigenvalue weighted by atomic mass is 32.2. The first-order valence-electron chi connectivity index (χ1n) is 5.82. The van der Waals surface area contributed by atoms with Crippen LogP contribution < -0.4 is 10.5 Å². The number of sulfonamides is 1. The van der Waals surface area contributed by atoms with Gasteiger partial charge in [-0.2, -0.15) is 0 Å². The third-order valence-electron chi connectivity index (χ3n) is 2.62. The normalized spacial score (nSPS) is 11.6. The molecule has 0 fully saturated rings. The lowest BCUT2D eigenvalue weighted by Crippen LogP contribution is -2.22. The summed E-state index contributed by atoms with van der Waals surface area (Å²) in [6.07, 6.45) is 1.25. The van der Waals surface area contributed by atoms with Gasteiger partial charge in [0.15, 0.2) is 5.75 Å². The third kappa shape index (κ3) is 2.89. The van der Waals surface area contributed by atoms with Crippen molar-refractivity contribution < 1.29 is 13.2 Å². The molecule has 2 rings (SSSR count). The molecule has 1 aromatic carbocycles. The predicted molar refractivity (Wildman–Crippen MR) is 76.0 cm³/mol. The SMILES string of the molecule is CN(C)S(=O)(=O)c1ccc(Oc2ccccc2N)nc1. The van der Waals surface area contributed by atoms with Crippen LogP contribution in [-0.4, -0.2) is 31.8 Å². The fraction of sp³-hybridized carbons (Fsp3) is 0.154. The monoisotopic (exact) mass is 293 g/mol. The van der Waals surface area contributed by atoms with E-state index < -0.39 is 10.0 Å². The van der Waals surface area contributed by atoms with Gasteiger partial charge in [-0.05, 0) is 18.2 Å². The summed E-state index contributed by atoms with van der Waals surface area (Å²) < 4.78 is 30.4. The number of nitrogen functional groups attached to an aromatic ring is 1. The highest BCUT2D eigenvalue weighted by Crippen LogP contribution is 2.26. The number of benzene rings is 1. The van der Waals surface area contributed by atoms with Gasteiger partial charge in [-0.3, -0.25) is 0 Å². The van der Waals surface area contributed by atoms with Crippen molar-refractivity contribution in [2.45, 2.75) is 4.90 Å². The second-order valence-corrected chi connectivity index (χ2v) is 6.41. The van der Waals surface area contributed by atoms with Crippen molar-refractivity contribution in [1.29, 1.82) is 0 Å². The maximum absolute atomic E-state index is 11.9. The summed E-state index contributed by atoms with van der Waals surface area (Å²) in [5, 5.41) is 0. The summed E-state index contributed by atoms with van der Waals surface area (Å²) in [7, 11) is -0.559. The Morgan fingerprint density at radius 3 is 2.40 bits per heavy atom. The number of hydrogen-bond donors (Lipinski definition) is 1. The van der Waals surface area contributed by atoms with Crippen molar-refractivity contribution in [2.75, 3.05) is 19.8 Å². The Kier molecular flexibility index (Phi) is 3.91. The van der Waals surface area contributed by atoms with Gasteiger partial charge in [0, 0.05) is 20.2 Å². The smallest absolute Gasteiger partial charge is 0.244 e. The second-order valence-electron chi connectivity index (χ2n) is 4.26. The molecule has 0 bridgehead atoms. The van der Waals surface area contributed by atoms with Crippen LogP contribution in [0.1, 0.15) is 0 Å². The maximum Gasteiger partial charge on any atom is 0.244 e. The number of pyridine rings is 1. The molecule has 1 aromatic heterocycles. The molecule has 0 spiro atoms. The van der Waals surface area contributed by atoms with E-state index in [2.05, 4.69) is 4.98 Å². The standard InChI is InChI=1S/C13H15N3O3S/c1-16(2)20(17,18)10-7-8-13(15-9-10)19-12-6-4-3-5-11(12)14/h3-9H,14H2,1-2H3. The zero-order valence-corrected chi connectivity index (χ0v) is 12.0. The quantitative estimate of drug-likeness (QED) is 0.867. The number of nitrogens with two attached hydrogens (primary N) is 1. The highest BCUT2D eigenvalue weighted by Gasteiger charge is 2.17. The predicted octanol–water partition coefficient (Wildman–Crippen LogP) is 1.71. The zero-order valence-electron chi connectivity index (χ0n) is 11.1. The lowest BCUT2D eigenvalue weighted by atomic mass is 10.3. The molecule has 20 heavy (non-hydrogen) atoms. The molecule has 7 heteroatoms. The average molecular weight is 293 g/mol. The van der Waals surface area contributed by atoms with Gasteiger partial charge < -0.3 is 10.5 Å². The number of rotatable bonds is 4. The maximum atomic E-state index is 11.9. The number of aromatic nitrogens is 1. The number of ether oxygens (including phenoxy) is 1. The van der Waals surface area contributed by atoms with Crippen molar-refractivity contribution in [1.82, 2.24) is 9.29 Å². The minimum absolute atomic E-state index is 0.107. The highest BCUT2D eigenvalue weighted by molar-refractivity contribution is 7.89. The van der Waals surface area contributed by atoms with Gasteiger partial charge in [-0.25, -0.2) is 17.7 Å². The molecule has 106 valence electrons. The summed E-state index contributed by atoms with van der Waals surface area (Å²) in [6.45, 7) is 0. The van der Waals surface area contributed by atoms with Gasteiger partial charge >= 0.3 is 0 Å². The lowest BCUT2D eigenvalue weighted by Gasteiger charge is -2.11. The minimum atomic E-state index is -3.48. The second kappa shape index (κ2) is 5.48. The Morgan fingerprint density at radius 2 is 1.85 bits per heavy atom. The van der Waals surface area contributed by atoms with E-state index in [1.807, 2.05) is 0 Å². The first-order valence-corrected chi connectivity index (χ1v) is 7.26. The van der Waals surface area contributed by atoms with Crippen molar-refractivity contribution in [3.05, 3.63) is 42.6 Å². The van der Waals surface area contributed by atoms with E-state index >= 15 is 0 Å². The average Bonchev–Trinajstić information content (AvgIpc) is 2.42.